The maximum absolute atomic E-state index is 13.0. The van der Waals surface area contributed by atoms with Crippen molar-refractivity contribution in [2.45, 2.75) is 24.3 Å². The number of halogens is 1. The van der Waals surface area contributed by atoms with E-state index < -0.39 is 5.97 Å². The van der Waals surface area contributed by atoms with Crippen molar-refractivity contribution in [1.29, 1.82) is 0 Å². The molecular weight excluding hydrogens is 455 g/mol. The average molecular weight is 479 g/mol. The van der Waals surface area contributed by atoms with Gasteiger partial charge in [-0.1, -0.05) is 11.3 Å². The molecule has 0 fully saturated rings. The average Bonchev–Trinajstić information content (AvgIpc) is 3.14. The number of nitrogens with zero attached hydrogens (tertiary/aromatic N) is 2. The molecule has 7 nitrogen and oxygen atoms in total. The van der Waals surface area contributed by atoms with Gasteiger partial charge in [-0.15, -0.1) is 11.8 Å². The third kappa shape index (κ3) is 5.68. The van der Waals surface area contributed by atoms with Crippen molar-refractivity contribution >= 4 is 45.2 Å². The summed E-state index contributed by atoms with van der Waals surface area (Å²) < 4.78 is 31.0. The van der Waals surface area contributed by atoms with Crippen LogP contribution in [0.25, 0.3) is 10.2 Å². The molecule has 3 aromatic rings. The molecule has 0 radical (unpaired) electrons. The Labute approximate surface area is 192 Å². The lowest BCUT2D eigenvalue weighted by Gasteiger charge is -2.09. The normalized spacial score (nSPS) is 11.6. The van der Waals surface area contributed by atoms with Gasteiger partial charge in [-0.3, -0.25) is 9.59 Å². The number of ether oxygens (including phenoxy) is 3. The summed E-state index contributed by atoms with van der Waals surface area (Å²) in [6, 6.07) is 9.73. The van der Waals surface area contributed by atoms with Gasteiger partial charge in [0.05, 0.1) is 21.3 Å². The fraction of sp³-hybridized carbons (Fsp3) is 0.318. The molecule has 0 saturated carbocycles. The van der Waals surface area contributed by atoms with E-state index in [4.69, 9.17) is 14.2 Å². The standard InChI is InChI=1S/C22H23FN2O5S2/c1-28-16-10-11-17(29-2)21-20(16)25(13-19(27)30-3)22(32-21)24-18(26)5-4-12-31-15-8-6-14(23)7-9-15/h6-11H,4-5,12-13H2,1-3H3. The maximum atomic E-state index is 13.0. The van der Waals surface area contributed by atoms with Crippen molar-refractivity contribution in [2.75, 3.05) is 27.1 Å². The Bertz CT molecular complexity index is 1170. The van der Waals surface area contributed by atoms with Crippen molar-refractivity contribution in [2.24, 2.45) is 4.99 Å². The first-order valence-corrected chi connectivity index (χ1v) is 11.5. The van der Waals surface area contributed by atoms with Gasteiger partial charge in [0.2, 0.25) is 5.91 Å². The van der Waals surface area contributed by atoms with Gasteiger partial charge >= 0.3 is 5.97 Å². The molecule has 0 spiro atoms. The van der Waals surface area contributed by atoms with E-state index >= 15 is 0 Å². The molecule has 0 aliphatic heterocycles. The second-order valence-electron chi connectivity index (χ2n) is 6.61. The lowest BCUT2D eigenvalue weighted by Crippen LogP contribution is -2.22. The van der Waals surface area contributed by atoms with Gasteiger partial charge in [0.15, 0.2) is 4.80 Å². The highest BCUT2D eigenvalue weighted by Gasteiger charge is 2.18. The summed E-state index contributed by atoms with van der Waals surface area (Å²) in [5.74, 6) is 0.773. The van der Waals surface area contributed by atoms with E-state index in [1.807, 2.05) is 0 Å². The summed E-state index contributed by atoms with van der Waals surface area (Å²) in [4.78, 5) is 30.1. The maximum Gasteiger partial charge on any atom is 0.325 e. The lowest BCUT2D eigenvalue weighted by atomic mass is 10.3. The van der Waals surface area contributed by atoms with E-state index in [1.165, 1.54) is 37.7 Å². The van der Waals surface area contributed by atoms with Crippen molar-refractivity contribution in [3.8, 4) is 11.5 Å². The molecule has 0 aliphatic rings. The monoisotopic (exact) mass is 478 g/mol. The Morgan fingerprint density at radius 1 is 1.06 bits per heavy atom. The van der Waals surface area contributed by atoms with Crippen LogP contribution in [0.15, 0.2) is 46.3 Å². The number of hydrogen-bond donors (Lipinski definition) is 0. The van der Waals surface area contributed by atoms with Gasteiger partial charge in [-0.2, -0.15) is 4.99 Å². The zero-order valence-electron chi connectivity index (χ0n) is 17.9. The molecule has 0 bridgehead atoms. The summed E-state index contributed by atoms with van der Waals surface area (Å²) >= 11 is 2.79. The number of methoxy groups -OCH3 is 3. The van der Waals surface area contributed by atoms with Gasteiger partial charge < -0.3 is 18.8 Å². The van der Waals surface area contributed by atoms with Gasteiger partial charge in [-0.25, -0.2) is 4.39 Å². The number of esters is 1. The SMILES string of the molecule is COC(=O)Cn1c(=NC(=O)CCCSc2ccc(F)cc2)sc2c(OC)ccc(OC)c21. The Kier molecular flexibility index (Phi) is 8.29. The topological polar surface area (TPSA) is 79.1 Å². The van der Waals surface area contributed by atoms with Crippen LogP contribution in [0.3, 0.4) is 0 Å². The molecule has 1 heterocycles. The molecule has 1 amide bonds. The molecule has 170 valence electrons. The second-order valence-corrected chi connectivity index (χ2v) is 8.75. The molecule has 10 heteroatoms. The highest BCUT2D eigenvalue weighted by molar-refractivity contribution is 7.99. The highest BCUT2D eigenvalue weighted by atomic mass is 32.2. The number of thioether (sulfide) groups is 1. The number of rotatable bonds is 9. The largest absolute Gasteiger partial charge is 0.495 e. The van der Waals surface area contributed by atoms with E-state index in [9.17, 15) is 14.0 Å². The van der Waals surface area contributed by atoms with Crippen LogP contribution < -0.4 is 14.3 Å². The minimum Gasteiger partial charge on any atom is -0.495 e. The minimum absolute atomic E-state index is 0.118. The molecule has 0 aliphatic carbocycles. The zero-order valence-corrected chi connectivity index (χ0v) is 19.6. The molecule has 0 saturated heterocycles. The molecule has 32 heavy (non-hydrogen) atoms. The van der Waals surface area contributed by atoms with Gasteiger partial charge in [0.25, 0.3) is 0 Å². The summed E-state index contributed by atoms with van der Waals surface area (Å²) in [5, 5.41) is 0. The van der Waals surface area contributed by atoms with Crippen molar-refractivity contribution < 1.29 is 28.2 Å². The predicted octanol–water partition coefficient (Wildman–Crippen LogP) is 4.03. The van der Waals surface area contributed by atoms with Crippen LogP contribution in [-0.4, -0.2) is 43.5 Å². The third-order valence-corrected chi connectivity index (χ3v) is 6.74. The van der Waals surface area contributed by atoms with Crippen LogP contribution >= 0.6 is 23.1 Å². The third-order valence-electron chi connectivity index (χ3n) is 4.54. The predicted molar refractivity (Wildman–Crippen MR) is 122 cm³/mol. The van der Waals surface area contributed by atoms with Gasteiger partial charge in [-0.05, 0) is 48.6 Å². The number of carbonyl (C=O) groups is 2. The fourth-order valence-corrected chi connectivity index (χ4v) is 5.00. The van der Waals surface area contributed by atoms with E-state index in [0.717, 1.165) is 4.90 Å². The molecular formula is C22H23FN2O5S2. The molecule has 1 aromatic heterocycles. The van der Waals surface area contributed by atoms with E-state index in [2.05, 4.69) is 4.99 Å². The smallest absolute Gasteiger partial charge is 0.325 e. The Morgan fingerprint density at radius 3 is 2.41 bits per heavy atom. The van der Waals surface area contributed by atoms with Crippen LogP contribution in [0, 0.1) is 5.82 Å². The Balaban J connectivity index is 1.83. The van der Waals surface area contributed by atoms with Crippen LogP contribution in [-0.2, 0) is 20.9 Å². The second kappa shape index (κ2) is 11.1. The summed E-state index contributed by atoms with van der Waals surface area (Å²) in [5.41, 5.74) is 0.612. The zero-order chi connectivity index (χ0) is 23.1. The summed E-state index contributed by atoms with van der Waals surface area (Å²) in [7, 11) is 4.38. The fourth-order valence-electron chi connectivity index (χ4n) is 2.99. The van der Waals surface area contributed by atoms with Crippen LogP contribution in [0.2, 0.25) is 0 Å². The van der Waals surface area contributed by atoms with Crippen LogP contribution in [0.1, 0.15) is 12.8 Å². The summed E-state index contributed by atoms with van der Waals surface area (Å²) in [6.45, 7) is -0.118. The molecule has 3 rings (SSSR count). The van der Waals surface area contributed by atoms with Gasteiger partial charge in [0.1, 0.15) is 34.1 Å². The van der Waals surface area contributed by atoms with E-state index in [-0.39, 0.29) is 24.7 Å². The molecule has 2 aromatic carbocycles. The minimum atomic E-state index is -0.473. The van der Waals surface area contributed by atoms with Crippen molar-refractivity contribution in [3.05, 3.63) is 47.0 Å². The number of hydrogen-bond acceptors (Lipinski definition) is 7. The van der Waals surface area contributed by atoms with Gasteiger partial charge in [0, 0.05) is 11.3 Å². The number of thiazole rings is 1. The van der Waals surface area contributed by atoms with Crippen molar-refractivity contribution in [3.63, 3.8) is 0 Å². The van der Waals surface area contributed by atoms with Crippen molar-refractivity contribution in [1.82, 2.24) is 4.57 Å². The van der Waals surface area contributed by atoms with Crippen LogP contribution in [0.5, 0.6) is 11.5 Å². The number of amides is 1. The number of fused-ring (bicyclic) bond motifs is 1. The van der Waals surface area contributed by atoms with E-state index in [1.54, 1.807) is 47.7 Å². The first-order valence-electron chi connectivity index (χ1n) is 9.74. The molecule has 0 unspecified atom stereocenters. The van der Waals surface area contributed by atoms with E-state index in [0.29, 0.717) is 38.7 Å². The first-order chi connectivity index (χ1) is 15.5. The quantitative estimate of drug-likeness (QED) is 0.263. The number of benzene rings is 2. The Morgan fingerprint density at radius 2 is 1.75 bits per heavy atom. The first kappa shape index (κ1) is 23.8. The number of carbonyl (C=O) groups excluding carboxylic acids is 2. The highest BCUT2D eigenvalue weighted by Crippen LogP contribution is 2.35. The Hall–Kier alpha value is -2.85. The van der Waals surface area contributed by atoms with Crippen LogP contribution in [0.4, 0.5) is 4.39 Å². The number of aromatic nitrogens is 1. The lowest BCUT2D eigenvalue weighted by molar-refractivity contribution is -0.141. The summed E-state index contributed by atoms with van der Waals surface area (Å²) in [6.07, 6.45) is 0.855. The molecule has 0 atom stereocenters. The molecule has 0 N–H and O–H groups in total.